The quantitative estimate of drug-likeness (QED) is 0.435. The van der Waals surface area contributed by atoms with E-state index in [2.05, 4.69) is 21.4 Å². The molecule has 1 saturated heterocycles. The molecule has 194 valence electrons. The standard InChI is InChI=1S/C29H34FN5O2/c1-3-34(4-2)29(37)23-11-13-24(14-12-23)35(32-28(36)26-9-5-6-10-27(26)30)25-15-18-33(19-16-25)21-22-8-7-17-31-20-22/h5-14,17,20,25H,3-4,15-16,18-19,21H2,1-2H3,(H,32,36). The Kier molecular flexibility index (Phi) is 8.85. The van der Waals surface area contributed by atoms with E-state index in [1.807, 2.05) is 43.3 Å². The molecule has 1 N–H and O–H groups in total. The number of piperidine rings is 1. The lowest BCUT2D eigenvalue weighted by molar-refractivity contribution is 0.0772. The fourth-order valence-corrected chi connectivity index (χ4v) is 4.73. The van der Waals surface area contributed by atoms with Crippen LogP contribution in [0.15, 0.2) is 73.1 Å². The molecule has 0 aliphatic carbocycles. The van der Waals surface area contributed by atoms with Crippen LogP contribution in [0.4, 0.5) is 10.1 Å². The predicted molar refractivity (Wildman–Crippen MR) is 143 cm³/mol. The minimum Gasteiger partial charge on any atom is -0.339 e. The number of carbonyl (C=O) groups is 2. The van der Waals surface area contributed by atoms with Crippen LogP contribution in [0.25, 0.3) is 0 Å². The summed E-state index contributed by atoms with van der Waals surface area (Å²) < 4.78 is 14.3. The van der Waals surface area contributed by atoms with Crippen molar-refractivity contribution in [3.8, 4) is 0 Å². The average Bonchev–Trinajstić information content (AvgIpc) is 2.94. The molecule has 0 unspecified atom stereocenters. The van der Waals surface area contributed by atoms with Crippen LogP contribution < -0.4 is 10.4 Å². The number of benzene rings is 2. The van der Waals surface area contributed by atoms with Crippen molar-refractivity contribution in [1.82, 2.24) is 20.2 Å². The van der Waals surface area contributed by atoms with Crippen LogP contribution in [0.3, 0.4) is 0 Å². The number of amides is 2. The first-order chi connectivity index (χ1) is 18.0. The third-order valence-electron chi connectivity index (χ3n) is 6.83. The van der Waals surface area contributed by atoms with Gasteiger partial charge >= 0.3 is 0 Å². The van der Waals surface area contributed by atoms with Crippen molar-refractivity contribution in [2.45, 2.75) is 39.3 Å². The molecular weight excluding hydrogens is 469 g/mol. The van der Waals surface area contributed by atoms with Crippen molar-refractivity contribution < 1.29 is 14.0 Å². The molecule has 8 heteroatoms. The fourth-order valence-electron chi connectivity index (χ4n) is 4.73. The zero-order valence-corrected chi connectivity index (χ0v) is 21.4. The summed E-state index contributed by atoms with van der Waals surface area (Å²) in [4.78, 5) is 34.2. The lowest BCUT2D eigenvalue weighted by Crippen LogP contribution is -2.53. The number of aromatic nitrogens is 1. The minimum absolute atomic E-state index is 0.00477. The highest BCUT2D eigenvalue weighted by atomic mass is 19.1. The molecule has 0 saturated carbocycles. The van der Waals surface area contributed by atoms with E-state index in [1.165, 1.54) is 17.7 Å². The Bertz CT molecular complexity index is 1180. The van der Waals surface area contributed by atoms with E-state index in [0.29, 0.717) is 18.7 Å². The maximum Gasteiger partial charge on any atom is 0.272 e. The number of pyridine rings is 1. The zero-order chi connectivity index (χ0) is 26.2. The zero-order valence-electron chi connectivity index (χ0n) is 21.4. The second-order valence-electron chi connectivity index (χ2n) is 9.18. The van der Waals surface area contributed by atoms with Crippen molar-refractivity contribution in [2.24, 2.45) is 0 Å². The third kappa shape index (κ3) is 6.51. The van der Waals surface area contributed by atoms with Gasteiger partial charge < -0.3 is 4.90 Å². The second-order valence-corrected chi connectivity index (χ2v) is 9.18. The molecular formula is C29H34FN5O2. The van der Waals surface area contributed by atoms with E-state index in [0.717, 1.165) is 38.2 Å². The topological polar surface area (TPSA) is 68.8 Å². The van der Waals surface area contributed by atoms with Crippen LogP contribution in [-0.4, -0.2) is 58.8 Å². The molecule has 1 fully saturated rings. The van der Waals surface area contributed by atoms with Crippen molar-refractivity contribution in [3.05, 3.63) is 95.6 Å². The molecule has 1 aromatic heterocycles. The van der Waals surface area contributed by atoms with Gasteiger partial charge in [-0.3, -0.25) is 29.9 Å². The highest BCUT2D eigenvalue weighted by Crippen LogP contribution is 2.24. The molecule has 3 aromatic rings. The van der Waals surface area contributed by atoms with Gasteiger partial charge in [0.05, 0.1) is 17.3 Å². The Hall–Kier alpha value is -3.78. The smallest absolute Gasteiger partial charge is 0.272 e. The number of rotatable bonds is 9. The molecule has 7 nitrogen and oxygen atoms in total. The van der Waals surface area contributed by atoms with E-state index in [9.17, 15) is 14.0 Å². The van der Waals surface area contributed by atoms with E-state index in [1.54, 1.807) is 35.4 Å². The first kappa shape index (κ1) is 26.3. The maximum absolute atomic E-state index is 14.3. The van der Waals surface area contributed by atoms with Crippen molar-refractivity contribution in [3.63, 3.8) is 0 Å². The van der Waals surface area contributed by atoms with Crippen molar-refractivity contribution in [1.29, 1.82) is 0 Å². The van der Waals surface area contributed by atoms with Gasteiger partial charge in [-0.2, -0.15) is 0 Å². The Morgan fingerprint density at radius 1 is 1.00 bits per heavy atom. The van der Waals surface area contributed by atoms with Gasteiger partial charge in [-0.25, -0.2) is 4.39 Å². The summed E-state index contributed by atoms with van der Waals surface area (Å²) in [5, 5.41) is 1.84. The molecule has 2 amide bonds. The molecule has 37 heavy (non-hydrogen) atoms. The highest BCUT2D eigenvalue weighted by molar-refractivity contribution is 5.96. The maximum atomic E-state index is 14.3. The van der Waals surface area contributed by atoms with Crippen LogP contribution in [-0.2, 0) is 6.54 Å². The van der Waals surface area contributed by atoms with Gasteiger partial charge in [0.15, 0.2) is 0 Å². The molecule has 0 radical (unpaired) electrons. The summed E-state index contributed by atoms with van der Waals surface area (Å²) in [7, 11) is 0. The van der Waals surface area contributed by atoms with Crippen LogP contribution in [0.2, 0.25) is 0 Å². The summed E-state index contributed by atoms with van der Waals surface area (Å²) in [6, 6.07) is 17.3. The molecule has 1 aliphatic heterocycles. The number of halogens is 1. The van der Waals surface area contributed by atoms with Crippen LogP contribution in [0.1, 0.15) is 53.0 Å². The summed E-state index contributed by atoms with van der Waals surface area (Å²) in [5.74, 6) is -1.09. The Balaban J connectivity index is 1.52. The Morgan fingerprint density at radius 2 is 1.70 bits per heavy atom. The fraction of sp³-hybridized carbons (Fsp3) is 0.345. The van der Waals surface area contributed by atoms with Crippen molar-refractivity contribution in [2.75, 3.05) is 31.2 Å². The molecule has 2 heterocycles. The second kappa shape index (κ2) is 12.5. The van der Waals surface area contributed by atoms with Gasteiger partial charge in [-0.1, -0.05) is 18.2 Å². The van der Waals surface area contributed by atoms with Crippen LogP contribution in [0.5, 0.6) is 0 Å². The largest absolute Gasteiger partial charge is 0.339 e. The van der Waals surface area contributed by atoms with Gasteiger partial charge in [-0.05, 0) is 74.7 Å². The summed E-state index contributed by atoms with van der Waals surface area (Å²) >= 11 is 0. The van der Waals surface area contributed by atoms with Gasteiger partial charge in [0.25, 0.3) is 11.8 Å². The number of anilines is 1. The summed E-state index contributed by atoms with van der Waals surface area (Å²) in [5.41, 5.74) is 5.46. The number of nitrogens with zero attached hydrogens (tertiary/aromatic N) is 4. The average molecular weight is 504 g/mol. The third-order valence-corrected chi connectivity index (χ3v) is 6.83. The van der Waals surface area contributed by atoms with Gasteiger partial charge in [-0.15, -0.1) is 0 Å². The highest BCUT2D eigenvalue weighted by Gasteiger charge is 2.27. The lowest BCUT2D eigenvalue weighted by Gasteiger charge is -2.39. The normalized spacial score (nSPS) is 14.2. The number of hydrogen-bond donors (Lipinski definition) is 1. The predicted octanol–water partition coefficient (Wildman–Crippen LogP) is 4.52. The van der Waals surface area contributed by atoms with E-state index in [4.69, 9.17) is 0 Å². The van der Waals surface area contributed by atoms with Gasteiger partial charge in [0, 0.05) is 50.7 Å². The molecule has 0 atom stereocenters. The Morgan fingerprint density at radius 3 is 2.32 bits per heavy atom. The Labute approximate surface area is 217 Å². The monoisotopic (exact) mass is 503 g/mol. The first-order valence-corrected chi connectivity index (χ1v) is 12.9. The molecule has 0 spiro atoms. The van der Waals surface area contributed by atoms with E-state index < -0.39 is 11.7 Å². The van der Waals surface area contributed by atoms with Gasteiger partial charge in [0.1, 0.15) is 5.82 Å². The number of hydrazine groups is 1. The summed E-state index contributed by atoms with van der Waals surface area (Å²) in [6.45, 7) is 7.71. The van der Waals surface area contributed by atoms with Crippen molar-refractivity contribution >= 4 is 17.5 Å². The number of hydrogen-bond acceptors (Lipinski definition) is 5. The number of carbonyl (C=O) groups excluding carboxylic acids is 2. The van der Waals surface area contributed by atoms with Crippen LogP contribution >= 0.6 is 0 Å². The number of nitrogens with one attached hydrogen (secondary N) is 1. The lowest BCUT2D eigenvalue weighted by atomic mass is 10.0. The summed E-state index contributed by atoms with van der Waals surface area (Å²) in [6.07, 6.45) is 5.29. The van der Waals surface area contributed by atoms with Gasteiger partial charge in [0.2, 0.25) is 0 Å². The molecule has 1 aliphatic rings. The minimum atomic E-state index is -0.564. The number of likely N-dealkylation sites (tertiary alicyclic amines) is 1. The van der Waals surface area contributed by atoms with Crippen LogP contribution in [0, 0.1) is 5.82 Å². The molecule has 4 rings (SSSR count). The molecule has 2 aromatic carbocycles. The molecule has 0 bridgehead atoms. The van der Waals surface area contributed by atoms with E-state index in [-0.39, 0.29) is 17.5 Å². The van der Waals surface area contributed by atoms with E-state index >= 15 is 0 Å². The SMILES string of the molecule is CCN(CC)C(=O)c1ccc(N(NC(=O)c2ccccc2F)C2CCN(Cc3cccnc3)CC2)cc1. The first-order valence-electron chi connectivity index (χ1n) is 12.9.